The smallest absolute Gasteiger partial charge is 0.337 e. The highest BCUT2D eigenvalue weighted by atomic mass is 28.3. The Hall–Kier alpha value is -1.29. The highest BCUT2D eigenvalue weighted by Crippen LogP contribution is 2.16. The van der Waals surface area contributed by atoms with Crippen LogP contribution < -0.4 is 5.19 Å². The van der Waals surface area contributed by atoms with Gasteiger partial charge in [-0.1, -0.05) is 25.7 Å². The molecule has 0 bridgehead atoms. The second kappa shape index (κ2) is 4.06. The number of phenolic OH excluding ortho intramolecular Hbond substituents is 1. The molecule has 82 valence electrons. The van der Waals surface area contributed by atoms with E-state index in [0.29, 0.717) is 5.56 Å². The number of hydrogen-bond donors (Lipinski definition) is 1. The lowest BCUT2D eigenvalue weighted by atomic mass is 10.2. The van der Waals surface area contributed by atoms with Gasteiger partial charge in [0.15, 0.2) is 0 Å². The molecule has 0 saturated heterocycles. The minimum atomic E-state index is -1.75. The molecule has 1 aromatic carbocycles. The van der Waals surface area contributed by atoms with Gasteiger partial charge in [-0.15, -0.1) is 0 Å². The Morgan fingerprint density at radius 2 is 1.93 bits per heavy atom. The van der Waals surface area contributed by atoms with Crippen molar-refractivity contribution in [3.63, 3.8) is 0 Å². The van der Waals surface area contributed by atoms with Crippen LogP contribution in [0, 0.1) is 0 Å². The summed E-state index contributed by atoms with van der Waals surface area (Å²) in [5, 5.41) is 10.6. The number of phenols is 1. The lowest BCUT2D eigenvalue weighted by molar-refractivity contribution is 0.0602. The van der Waals surface area contributed by atoms with Crippen molar-refractivity contribution in [1.82, 2.24) is 0 Å². The van der Waals surface area contributed by atoms with Crippen LogP contribution in [0.25, 0.3) is 0 Å². The first-order chi connectivity index (χ1) is 6.88. The van der Waals surface area contributed by atoms with Gasteiger partial charge in [-0.2, -0.15) is 0 Å². The third-order valence-corrected chi connectivity index (χ3v) is 4.22. The van der Waals surface area contributed by atoms with Crippen LogP contribution in [-0.4, -0.2) is 26.3 Å². The predicted octanol–water partition coefficient (Wildman–Crippen LogP) is 1.72. The van der Waals surface area contributed by atoms with Crippen molar-refractivity contribution < 1.29 is 14.6 Å². The van der Waals surface area contributed by atoms with Crippen LogP contribution in [0.1, 0.15) is 10.4 Å². The highest BCUT2D eigenvalue weighted by Gasteiger charge is 2.26. The number of carbonyl (C=O) groups is 1. The molecule has 0 heterocycles. The summed E-state index contributed by atoms with van der Waals surface area (Å²) >= 11 is 0. The maximum Gasteiger partial charge on any atom is 0.337 e. The number of ether oxygens (including phenoxy) is 1. The standard InChI is InChI=1S/C11H16O3Si/c1-14-11(13)8-6-5-7-9(12)10(8)15(2,3)4/h5-7,12H,1-4H3. The molecule has 0 saturated carbocycles. The number of hydrogen-bond acceptors (Lipinski definition) is 3. The van der Waals surface area contributed by atoms with E-state index in [9.17, 15) is 9.90 Å². The van der Waals surface area contributed by atoms with Gasteiger partial charge in [-0.25, -0.2) is 4.79 Å². The molecule has 1 aromatic rings. The summed E-state index contributed by atoms with van der Waals surface area (Å²) in [6.45, 7) is 6.23. The largest absolute Gasteiger partial charge is 0.508 e. The van der Waals surface area contributed by atoms with Crippen molar-refractivity contribution >= 4 is 19.2 Å². The molecule has 1 N–H and O–H groups in total. The molecule has 0 radical (unpaired) electrons. The van der Waals surface area contributed by atoms with Crippen molar-refractivity contribution in [2.24, 2.45) is 0 Å². The molecule has 0 aliphatic carbocycles. The van der Waals surface area contributed by atoms with Gasteiger partial charge < -0.3 is 9.84 Å². The van der Waals surface area contributed by atoms with Gasteiger partial charge in [0.05, 0.1) is 20.7 Å². The quantitative estimate of drug-likeness (QED) is 0.614. The van der Waals surface area contributed by atoms with Crippen molar-refractivity contribution in [3.05, 3.63) is 23.8 Å². The molecule has 15 heavy (non-hydrogen) atoms. The fraction of sp³-hybridized carbons (Fsp3) is 0.364. The van der Waals surface area contributed by atoms with Gasteiger partial charge in [0, 0.05) is 0 Å². The molecule has 0 spiro atoms. The van der Waals surface area contributed by atoms with E-state index >= 15 is 0 Å². The molecule has 4 heteroatoms. The first-order valence-corrected chi connectivity index (χ1v) is 8.28. The van der Waals surface area contributed by atoms with Crippen LogP contribution in [0.2, 0.25) is 19.6 Å². The molecule has 0 amide bonds. The Kier molecular flexibility index (Phi) is 3.19. The Bertz CT molecular complexity index is 380. The van der Waals surface area contributed by atoms with Crippen LogP contribution >= 0.6 is 0 Å². The third kappa shape index (κ3) is 2.39. The van der Waals surface area contributed by atoms with E-state index in [1.807, 2.05) is 0 Å². The van der Waals surface area contributed by atoms with Gasteiger partial charge in [0.1, 0.15) is 5.75 Å². The monoisotopic (exact) mass is 224 g/mol. The van der Waals surface area contributed by atoms with Crippen LogP contribution in [0.4, 0.5) is 0 Å². The van der Waals surface area contributed by atoms with Gasteiger partial charge in [0.2, 0.25) is 0 Å². The molecule has 0 aliphatic heterocycles. The number of carbonyl (C=O) groups excluding carboxylic acids is 1. The van der Waals surface area contributed by atoms with E-state index in [1.54, 1.807) is 18.2 Å². The zero-order chi connectivity index (χ0) is 11.6. The summed E-state index contributed by atoms with van der Waals surface area (Å²) in [6, 6.07) is 4.96. The number of rotatable bonds is 2. The van der Waals surface area contributed by atoms with E-state index in [2.05, 4.69) is 19.6 Å². The van der Waals surface area contributed by atoms with Crippen molar-refractivity contribution in [3.8, 4) is 5.75 Å². The molecule has 0 fully saturated rings. The minimum Gasteiger partial charge on any atom is -0.508 e. The van der Waals surface area contributed by atoms with Gasteiger partial charge in [0.25, 0.3) is 0 Å². The lowest BCUT2D eigenvalue weighted by Crippen LogP contribution is -2.41. The summed E-state index contributed by atoms with van der Waals surface area (Å²) in [5.41, 5.74) is 0.483. The van der Waals surface area contributed by atoms with E-state index in [-0.39, 0.29) is 11.7 Å². The van der Waals surface area contributed by atoms with Gasteiger partial charge in [-0.05, 0) is 17.3 Å². The fourth-order valence-electron chi connectivity index (χ4n) is 1.61. The molecule has 3 nitrogen and oxygen atoms in total. The Morgan fingerprint density at radius 3 is 2.40 bits per heavy atom. The molecular formula is C11H16O3Si. The topological polar surface area (TPSA) is 46.5 Å². The van der Waals surface area contributed by atoms with E-state index in [0.717, 1.165) is 5.19 Å². The van der Waals surface area contributed by atoms with Crippen molar-refractivity contribution in [2.45, 2.75) is 19.6 Å². The van der Waals surface area contributed by atoms with Gasteiger partial charge in [-0.3, -0.25) is 0 Å². The normalized spacial score (nSPS) is 11.2. The lowest BCUT2D eigenvalue weighted by Gasteiger charge is -2.20. The highest BCUT2D eigenvalue weighted by molar-refractivity contribution is 6.90. The molecular weight excluding hydrogens is 208 g/mol. The summed E-state index contributed by atoms with van der Waals surface area (Å²) in [5.74, 6) is -0.194. The van der Waals surface area contributed by atoms with Crippen LogP contribution in [0.15, 0.2) is 18.2 Å². The SMILES string of the molecule is COC(=O)c1cccc(O)c1[Si](C)(C)C. The maximum absolute atomic E-state index is 11.5. The Labute approximate surface area is 90.7 Å². The van der Waals surface area contributed by atoms with E-state index in [1.165, 1.54) is 7.11 Å². The average molecular weight is 224 g/mol. The third-order valence-electron chi connectivity index (χ3n) is 2.20. The first kappa shape index (κ1) is 11.8. The Morgan fingerprint density at radius 1 is 1.33 bits per heavy atom. The zero-order valence-corrected chi connectivity index (χ0v) is 10.5. The van der Waals surface area contributed by atoms with Gasteiger partial charge >= 0.3 is 5.97 Å². The summed E-state index contributed by atoms with van der Waals surface area (Å²) < 4.78 is 4.70. The summed E-state index contributed by atoms with van der Waals surface area (Å²) in [4.78, 5) is 11.5. The van der Waals surface area contributed by atoms with Crippen LogP contribution in [0.5, 0.6) is 5.75 Å². The number of benzene rings is 1. The first-order valence-electron chi connectivity index (χ1n) is 4.78. The van der Waals surface area contributed by atoms with Crippen LogP contribution in [-0.2, 0) is 4.74 Å². The van der Waals surface area contributed by atoms with Crippen molar-refractivity contribution in [1.29, 1.82) is 0 Å². The average Bonchev–Trinajstić information content (AvgIpc) is 2.14. The number of aromatic hydroxyl groups is 1. The number of methoxy groups -OCH3 is 1. The Balaban J connectivity index is 3.40. The molecule has 0 aromatic heterocycles. The molecule has 1 rings (SSSR count). The molecule has 0 unspecified atom stereocenters. The second-order valence-corrected chi connectivity index (χ2v) is 9.44. The molecule has 0 atom stereocenters. The summed E-state index contributed by atoms with van der Waals surface area (Å²) in [6.07, 6.45) is 0. The van der Waals surface area contributed by atoms with Crippen LogP contribution in [0.3, 0.4) is 0 Å². The minimum absolute atomic E-state index is 0.192. The number of esters is 1. The van der Waals surface area contributed by atoms with E-state index < -0.39 is 8.07 Å². The van der Waals surface area contributed by atoms with E-state index in [4.69, 9.17) is 4.74 Å². The predicted molar refractivity (Wildman–Crippen MR) is 62.4 cm³/mol. The zero-order valence-electron chi connectivity index (χ0n) is 9.50. The van der Waals surface area contributed by atoms with Crippen molar-refractivity contribution in [2.75, 3.05) is 7.11 Å². The molecule has 0 aliphatic rings. The second-order valence-electron chi connectivity index (χ2n) is 4.44. The summed E-state index contributed by atoms with van der Waals surface area (Å²) in [7, 11) is -0.405. The maximum atomic E-state index is 11.5. The fourth-order valence-corrected chi connectivity index (χ4v) is 3.45.